The van der Waals surface area contributed by atoms with Gasteiger partial charge in [0.1, 0.15) is 17.0 Å². The molecule has 16 heavy (non-hydrogen) atoms. The average molecular weight is 220 g/mol. The van der Waals surface area contributed by atoms with Gasteiger partial charge in [-0.15, -0.1) is 0 Å². The molecule has 86 valence electrons. The number of hydrogen-bond donors (Lipinski definition) is 1. The van der Waals surface area contributed by atoms with Gasteiger partial charge in [-0.1, -0.05) is 5.16 Å². The van der Waals surface area contributed by atoms with Crippen LogP contribution >= 0.6 is 0 Å². The van der Waals surface area contributed by atoms with Crippen molar-refractivity contribution in [1.82, 2.24) is 10.5 Å². The van der Waals surface area contributed by atoms with Crippen LogP contribution in [0.1, 0.15) is 12.7 Å². The van der Waals surface area contributed by atoms with E-state index in [1.807, 2.05) is 25.2 Å². The maximum Gasteiger partial charge on any atom is 0.146 e. The van der Waals surface area contributed by atoms with Crippen molar-refractivity contribution in [3.05, 3.63) is 24.0 Å². The van der Waals surface area contributed by atoms with Crippen LogP contribution in [0.2, 0.25) is 0 Å². The molecule has 0 aliphatic heterocycles. The molecule has 0 amide bonds. The molecular weight excluding hydrogens is 204 g/mol. The quantitative estimate of drug-likeness (QED) is 0.856. The van der Waals surface area contributed by atoms with Crippen molar-refractivity contribution in [3.8, 4) is 5.75 Å². The fourth-order valence-electron chi connectivity index (χ4n) is 1.63. The third-order valence-electron chi connectivity index (χ3n) is 2.74. The summed E-state index contributed by atoms with van der Waals surface area (Å²) in [4.78, 5) is 0. The predicted molar refractivity (Wildman–Crippen MR) is 62.8 cm³/mol. The summed E-state index contributed by atoms with van der Waals surface area (Å²) in [5.74, 6) is 1.72. The highest BCUT2D eigenvalue weighted by Gasteiger charge is 2.11. The van der Waals surface area contributed by atoms with Crippen molar-refractivity contribution in [2.45, 2.75) is 19.4 Å². The Bertz CT molecular complexity index is 479. The fraction of sp³-hybridized carbons (Fsp3) is 0.417. The largest absolute Gasteiger partial charge is 0.497 e. The molecule has 0 aliphatic rings. The maximum absolute atomic E-state index is 5.34. The number of ether oxygens (including phenoxy) is 1. The molecule has 2 aromatic rings. The van der Waals surface area contributed by atoms with Crippen molar-refractivity contribution in [3.63, 3.8) is 0 Å². The maximum atomic E-state index is 5.34. The van der Waals surface area contributed by atoms with Crippen LogP contribution in [0.25, 0.3) is 10.9 Å². The van der Waals surface area contributed by atoms with Crippen molar-refractivity contribution in [2.24, 2.45) is 0 Å². The number of methoxy groups -OCH3 is 1. The summed E-state index contributed by atoms with van der Waals surface area (Å²) in [6, 6.07) is 6.17. The molecule has 0 fully saturated rings. The summed E-state index contributed by atoms with van der Waals surface area (Å²) >= 11 is 0. The number of likely N-dealkylation sites (N-methyl/N-ethyl adjacent to an activating group) is 1. The summed E-state index contributed by atoms with van der Waals surface area (Å²) in [6.07, 6.45) is 0.833. The summed E-state index contributed by atoms with van der Waals surface area (Å²) in [5.41, 5.74) is 0.845. The molecule has 2 rings (SSSR count). The number of aromatic nitrogens is 1. The standard InChI is InChI=1S/C12H16N2O2/c1-8(13-2)6-12-10-5-4-9(15-3)7-11(10)14-16-12/h4-5,7-8,13H,6H2,1-3H3. The predicted octanol–water partition coefficient (Wildman–Crippen LogP) is 1.99. The van der Waals surface area contributed by atoms with Crippen molar-refractivity contribution in [1.29, 1.82) is 0 Å². The number of nitrogens with zero attached hydrogens (tertiary/aromatic N) is 1. The van der Waals surface area contributed by atoms with E-state index in [4.69, 9.17) is 9.26 Å². The van der Waals surface area contributed by atoms with E-state index in [1.54, 1.807) is 7.11 Å². The monoisotopic (exact) mass is 220 g/mol. The normalized spacial score (nSPS) is 12.9. The van der Waals surface area contributed by atoms with Crippen LogP contribution in [0.3, 0.4) is 0 Å². The first-order valence-corrected chi connectivity index (χ1v) is 5.34. The lowest BCUT2D eigenvalue weighted by Gasteiger charge is -2.06. The molecule has 0 spiro atoms. The van der Waals surface area contributed by atoms with Gasteiger partial charge in [0.2, 0.25) is 0 Å². The number of benzene rings is 1. The molecule has 1 unspecified atom stereocenters. The Morgan fingerprint density at radius 1 is 1.50 bits per heavy atom. The van der Waals surface area contributed by atoms with E-state index >= 15 is 0 Å². The lowest BCUT2D eigenvalue weighted by molar-refractivity contribution is 0.377. The zero-order valence-corrected chi connectivity index (χ0v) is 9.78. The van der Waals surface area contributed by atoms with Crippen LogP contribution in [0, 0.1) is 0 Å². The second kappa shape index (κ2) is 4.53. The van der Waals surface area contributed by atoms with Gasteiger partial charge in [-0.25, -0.2) is 0 Å². The second-order valence-electron chi connectivity index (χ2n) is 3.88. The minimum absolute atomic E-state index is 0.373. The van der Waals surface area contributed by atoms with Crippen molar-refractivity contribution in [2.75, 3.05) is 14.2 Å². The van der Waals surface area contributed by atoms with Crippen molar-refractivity contribution >= 4 is 10.9 Å². The Morgan fingerprint density at radius 3 is 3.00 bits per heavy atom. The van der Waals surface area contributed by atoms with Gasteiger partial charge in [0.15, 0.2) is 0 Å². The SMILES string of the molecule is CNC(C)Cc1onc2cc(OC)ccc12. The minimum Gasteiger partial charge on any atom is -0.497 e. The molecule has 1 N–H and O–H groups in total. The molecule has 0 bridgehead atoms. The lowest BCUT2D eigenvalue weighted by atomic mass is 10.1. The molecule has 0 saturated heterocycles. The first-order valence-electron chi connectivity index (χ1n) is 5.34. The molecule has 4 nitrogen and oxygen atoms in total. The van der Waals surface area contributed by atoms with E-state index in [-0.39, 0.29) is 0 Å². The minimum atomic E-state index is 0.373. The van der Waals surface area contributed by atoms with Crippen LogP contribution in [0.15, 0.2) is 22.7 Å². The van der Waals surface area contributed by atoms with E-state index in [1.165, 1.54) is 0 Å². The highest BCUT2D eigenvalue weighted by atomic mass is 16.5. The Hall–Kier alpha value is -1.55. The molecule has 1 heterocycles. The third-order valence-corrected chi connectivity index (χ3v) is 2.74. The number of fused-ring (bicyclic) bond motifs is 1. The topological polar surface area (TPSA) is 47.3 Å². The van der Waals surface area contributed by atoms with Crippen LogP contribution in [0.5, 0.6) is 5.75 Å². The lowest BCUT2D eigenvalue weighted by Crippen LogP contribution is -2.23. The molecule has 1 aromatic carbocycles. The van der Waals surface area contributed by atoms with Gasteiger partial charge in [-0.05, 0) is 26.1 Å². The van der Waals surface area contributed by atoms with Crippen LogP contribution in [-0.4, -0.2) is 25.4 Å². The molecular formula is C12H16N2O2. The van der Waals surface area contributed by atoms with Crippen LogP contribution < -0.4 is 10.1 Å². The first-order chi connectivity index (χ1) is 7.74. The van der Waals surface area contributed by atoms with E-state index in [9.17, 15) is 0 Å². The Balaban J connectivity index is 2.34. The third kappa shape index (κ3) is 2.02. The molecule has 1 atom stereocenters. The Kier molecular flexibility index (Phi) is 3.10. The van der Waals surface area contributed by atoms with E-state index < -0.39 is 0 Å². The molecule has 0 radical (unpaired) electrons. The van der Waals surface area contributed by atoms with E-state index in [2.05, 4.69) is 17.4 Å². The van der Waals surface area contributed by atoms with Gasteiger partial charge in [0, 0.05) is 23.9 Å². The number of rotatable bonds is 4. The van der Waals surface area contributed by atoms with Gasteiger partial charge in [-0.2, -0.15) is 0 Å². The summed E-state index contributed by atoms with van der Waals surface area (Å²) in [5, 5.41) is 8.27. The summed E-state index contributed by atoms with van der Waals surface area (Å²) in [6.45, 7) is 2.11. The zero-order chi connectivity index (χ0) is 11.5. The molecule has 4 heteroatoms. The fourth-order valence-corrected chi connectivity index (χ4v) is 1.63. The first kappa shape index (κ1) is 11.0. The van der Waals surface area contributed by atoms with Gasteiger partial charge in [0.25, 0.3) is 0 Å². The highest BCUT2D eigenvalue weighted by molar-refractivity contribution is 5.81. The Morgan fingerprint density at radius 2 is 2.31 bits per heavy atom. The smallest absolute Gasteiger partial charge is 0.146 e. The molecule has 0 saturated carbocycles. The summed E-state index contributed by atoms with van der Waals surface area (Å²) in [7, 11) is 3.58. The molecule has 1 aromatic heterocycles. The summed E-state index contributed by atoms with van der Waals surface area (Å²) < 4.78 is 10.5. The van der Waals surface area contributed by atoms with Gasteiger partial charge in [0.05, 0.1) is 7.11 Å². The van der Waals surface area contributed by atoms with E-state index in [0.29, 0.717) is 6.04 Å². The Labute approximate surface area is 94.6 Å². The van der Waals surface area contributed by atoms with Crippen LogP contribution in [0.4, 0.5) is 0 Å². The van der Waals surface area contributed by atoms with Gasteiger partial charge in [-0.3, -0.25) is 0 Å². The average Bonchev–Trinajstić information content (AvgIpc) is 2.71. The number of hydrogen-bond acceptors (Lipinski definition) is 4. The van der Waals surface area contributed by atoms with Gasteiger partial charge >= 0.3 is 0 Å². The van der Waals surface area contributed by atoms with Crippen molar-refractivity contribution < 1.29 is 9.26 Å². The molecule has 0 aliphatic carbocycles. The zero-order valence-electron chi connectivity index (χ0n) is 9.78. The van der Waals surface area contributed by atoms with E-state index in [0.717, 1.165) is 28.8 Å². The van der Waals surface area contributed by atoms with Gasteiger partial charge < -0.3 is 14.6 Å². The second-order valence-corrected chi connectivity index (χ2v) is 3.88. The van der Waals surface area contributed by atoms with Crippen LogP contribution in [-0.2, 0) is 6.42 Å². The number of nitrogens with one attached hydrogen (secondary N) is 1. The highest BCUT2D eigenvalue weighted by Crippen LogP contribution is 2.23.